The molecule has 52 heavy (non-hydrogen) atoms. The normalized spacial score (nSPS) is 13.6. The van der Waals surface area contributed by atoms with Crippen LogP contribution in [0.1, 0.15) is 17.5 Å². The maximum absolute atomic E-state index is 7.22. The molecular weight excluding hydrogens is 798 g/mol. The number of benzene rings is 8. The standard InChI is InChI=1S/C21H13.2C10H6Cl.C5H5.CH2.2ClH.Zr/c1-2-8-15-14(7-1)13-20-18-11-4-3-9-16(18)17-10-5-6-12-19(17)21(15)20;2*11-10-6-5-8-3-1-2-4-9(8)7-10;1-2-4-5-3-1;;;;/h1-10,12H,13H2;2*1-4,6-7H;1-3H,4H2;1H2;2*1H;. The second-order valence-corrected chi connectivity index (χ2v) is 27.7. The third-order valence-electron chi connectivity index (χ3n) is 11.7. The molecule has 0 heterocycles. The Hall–Kier alpha value is -3.81. The van der Waals surface area contributed by atoms with Crippen molar-refractivity contribution in [2.24, 2.45) is 0 Å². The van der Waals surface area contributed by atoms with E-state index in [4.69, 9.17) is 27.4 Å². The van der Waals surface area contributed by atoms with E-state index in [9.17, 15) is 0 Å². The summed E-state index contributed by atoms with van der Waals surface area (Å²) in [7, 11) is 0. The van der Waals surface area contributed by atoms with Crippen LogP contribution in [-0.2, 0) is 24.7 Å². The van der Waals surface area contributed by atoms with E-state index in [2.05, 4.69) is 158 Å². The molecule has 2 aliphatic carbocycles. The minimum absolute atomic E-state index is 0. The Morgan fingerprint density at radius 2 is 1.10 bits per heavy atom. The van der Waals surface area contributed by atoms with E-state index in [1.54, 1.807) is 0 Å². The molecule has 10 rings (SSSR count). The Morgan fingerprint density at radius 1 is 0.538 bits per heavy atom. The fourth-order valence-electron chi connectivity index (χ4n) is 9.65. The van der Waals surface area contributed by atoms with Gasteiger partial charge < -0.3 is 0 Å². The zero-order chi connectivity index (χ0) is 33.6. The van der Waals surface area contributed by atoms with Gasteiger partial charge in [0.1, 0.15) is 0 Å². The van der Waals surface area contributed by atoms with Crippen LogP contribution in [-0.4, -0.2) is 4.21 Å². The second kappa shape index (κ2) is 12.9. The van der Waals surface area contributed by atoms with E-state index in [0.29, 0.717) is 0 Å². The summed E-state index contributed by atoms with van der Waals surface area (Å²) in [5, 5.41) is 11.3. The van der Waals surface area contributed by atoms with Crippen LogP contribution in [0.15, 0.2) is 161 Å². The van der Waals surface area contributed by atoms with E-state index in [1.807, 2.05) is 0 Å². The first-order valence-corrected chi connectivity index (χ1v) is 24.7. The van der Waals surface area contributed by atoms with Gasteiger partial charge in [-0.1, -0.05) is 0 Å². The molecule has 0 saturated heterocycles. The van der Waals surface area contributed by atoms with E-state index in [-0.39, 0.29) is 24.8 Å². The number of fused-ring (bicyclic) bond motifs is 10. The fraction of sp³-hybridized carbons (Fsp3) is 0.0426. The van der Waals surface area contributed by atoms with Crippen LogP contribution < -0.4 is 9.81 Å². The van der Waals surface area contributed by atoms with Crippen molar-refractivity contribution in [1.82, 2.24) is 0 Å². The van der Waals surface area contributed by atoms with Gasteiger partial charge in [-0.25, -0.2) is 0 Å². The SMILES string of the molecule is Cl.Cl.[CH2]=[Zr]([C]1=CC=CC1)([c]1cc(Cl)cc2ccccc12)([c]1cc(Cl)cc2ccccc12)[c]1cccc2c1c1c(c3ccccc32)-c2ccccc2C1. The average Bonchev–Trinajstić information content (AvgIpc) is 3.84. The predicted molar refractivity (Wildman–Crippen MR) is 230 cm³/mol. The number of rotatable bonds is 4. The molecule has 0 radical (unpaired) electrons. The van der Waals surface area contributed by atoms with Gasteiger partial charge in [0.15, 0.2) is 0 Å². The quantitative estimate of drug-likeness (QED) is 0.155. The molecule has 0 spiro atoms. The maximum atomic E-state index is 7.22. The van der Waals surface area contributed by atoms with Gasteiger partial charge >= 0.3 is 305 Å². The Morgan fingerprint density at radius 3 is 1.73 bits per heavy atom. The van der Waals surface area contributed by atoms with Gasteiger partial charge in [-0.3, -0.25) is 0 Å². The molecule has 0 unspecified atom stereocenters. The Bertz CT molecular complexity index is 2830. The van der Waals surface area contributed by atoms with Gasteiger partial charge in [0.2, 0.25) is 0 Å². The first-order valence-electron chi connectivity index (χ1n) is 17.3. The van der Waals surface area contributed by atoms with Crippen molar-refractivity contribution < 1.29 is 18.3 Å². The summed E-state index contributed by atoms with van der Waals surface area (Å²) in [5.41, 5.74) is 5.45. The third kappa shape index (κ3) is 4.73. The fourth-order valence-corrected chi connectivity index (χ4v) is 27.4. The molecule has 254 valence electrons. The molecule has 5 heteroatoms. The first kappa shape index (κ1) is 35.2. The molecule has 0 bridgehead atoms. The molecule has 0 amide bonds. The molecule has 0 N–H and O–H groups in total. The van der Waals surface area contributed by atoms with Gasteiger partial charge in [-0.2, -0.15) is 0 Å². The van der Waals surface area contributed by atoms with E-state index in [1.165, 1.54) is 67.7 Å². The molecule has 8 aromatic carbocycles. The van der Waals surface area contributed by atoms with Crippen molar-refractivity contribution in [3.63, 3.8) is 0 Å². The van der Waals surface area contributed by atoms with Gasteiger partial charge in [-0.15, -0.1) is 24.8 Å². The van der Waals surface area contributed by atoms with Crippen LogP contribution >= 0.6 is 48.0 Å². The summed E-state index contributed by atoms with van der Waals surface area (Å²) in [6.45, 7) is 0. The first-order chi connectivity index (χ1) is 24.4. The average molecular weight is 832 g/mol. The third-order valence-corrected chi connectivity index (χ3v) is 28.4. The number of hydrogen-bond acceptors (Lipinski definition) is 0. The zero-order valence-electron chi connectivity index (χ0n) is 28.2. The molecule has 0 nitrogen and oxygen atoms in total. The second-order valence-electron chi connectivity index (χ2n) is 14.1. The summed E-state index contributed by atoms with van der Waals surface area (Å²) < 4.78 is 11.1. The Balaban J connectivity index is 0.00000193. The molecule has 0 atom stereocenters. The molecule has 2 aliphatic rings. The molecule has 0 fully saturated rings. The summed E-state index contributed by atoms with van der Waals surface area (Å²) in [4.78, 5) is 0. The van der Waals surface area contributed by atoms with Crippen LogP contribution in [0, 0.1) is 0 Å². The molecule has 0 aliphatic heterocycles. The monoisotopic (exact) mass is 828 g/mol. The van der Waals surface area contributed by atoms with Crippen molar-refractivity contribution in [1.29, 1.82) is 0 Å². The number of allylic oxidation sites excluding steroid dienone is 4. The van der Waals surface area contributed by atoms with Crippen molar-refractivity contribution in [2.45, 2.75) is 12.8 Å². The minimum atomic E-state index is -5.41. The predicted octanol–water partition coefficient (Wildman–Crippen LogP) is 12.3. The topological polar surface area (TPSA) is 0 Å². The van der Waals surface area contributed by atoms with Crippen LogP contribution in [0.5, 0.6) is 0 Å². The zero-order valence-corrected chi connectivity index (χ0v) is 33.8. The van der Waals surface area contributed by atoms with E-state index >= 15 is 0 Å². The summed E-state index contributed by atoms with van der Waals surface area (Å²) >= 11 is 9.02. The summed E-state index contributed by atoms with van der Waals surface area (Å²) in [6, 6.07) is 51.1. The molecule has 8 aromatic rings. The van der Waals surface area contributed by atoms with Gasteiger partial charge in [-0.05, 0) is 0 Å². The van der Waals surface area contributed by atoms with Crippen molar-refractivity contribution in [3.05, 3.63) is 182 Å². The van der Waals surface area contributed by atoms with Crippen molar-refractivity contribution in [2.75, 3.05) is 0 Å². The van der Waals surface area contributed by atoms with Crippen LogP contribution in [0.3, 0.4) is 0 Å². The van der Waals surface area contributed by atoms with E-state index in [0.717, 1.165) is 33.7 Å². The van der Waals surface area contributed by atoms with Crippen molar-refractivity contribution >= 4 is 105 Å². The van der Waals surface area contributed by atoms with Crippen LogP contribution in [0.25, 0.3) is 54.2 Å². The summed E-state index contributed by atoms with van der Waals surface area (Å²) in [6.07, 6.45) is 8.60. The summed E-state index contributed by atoms with van der Waals surface area (Å²) in [5.74, 6) is 0. The van der Waals surface area contributed by atoms with Gasteiger partial charge in [0.25, 0.3) is 0 Å². The van der Waals surface area contributed by atoms with Crippen molar-refractivity contribution in [3.8, 4) is 11.1 Å². The van der Waals surface area contributed by atoms with Crippen LogP contribution in [0.2, 0.25) is 10.0 Å². The molecule has 0 aromatic heterocycles. The molecule has 0 saturated carbocycles. The van der Waals surface area contributed by atoms with Gasteiger partial charge in [0, 0.05) is 0 Å². The Kier molecular flexibility index (Phi) is 8.77. The Labute approximate surface area is 326 Å². The number of halogens is 4. The van der Waals surface area contributed by atoms with Crippen LogP contribution in [0.4, 0.5) is 0 Å². The van der Waals surface area contributed by atoms with E-state index < -0.39 is 18.3 Å². The molecular formula is C47H34Cl4Zr. The van der Waals surface area contributed by atoms with Gasteiger partial charge in [0.05, 0.1) is 0 Å². The number of hydrogen-bond donors (Lipinski definition) is 0.